The van der Waals surface area contributed by atoms with Crippen molar-refractivity contribution in [1.82, 2.24) is 15.2 Å². The van der Waals surface area contributed by atoms with Gasteiger partial charge in [0.2, 0.25) is 0 Å². The summed E-state index contributed by atoms with van der Waals surface area (Å²) >= 11 is 0. The molecule has 3 nitrogen and oxygen atoms in total. The molecule has 2 heterocycles. The maximum atomic E-state index is 4.19. The number of piperazine rings is 1. The number of nitrogens with zero attached hydrogens (tertiary/aromatic N) is 2. The van der Waals surface area contributed by atoms with Gasteiger partial charge in [0, 0.05) is 44.6 Å². The number of hydrogen-bond acceptors (Lipinski definition) is 3. The Balaban J connectivity index is 0.00000110. The third kappa shape index (κ3) is 4.82. The summed E-state index contributed by atoms with van der Waals surface area (Å²) in [6, 6.07) is 5.06. The molecular weight excluding hydrogens is 305 g/mol. The summed E-state index contributed by atoms with van der Waals surface area (Å²) in [6.45, 7) is 4.63. The number of aromatic nitrogens is 1. The van der Waals surface area contributed by atoms with Crippen molar-refractivity contribution in [3.8, 4) is 0 Å². The van der Waals surface area contributed by atoms with E-state index >= 15 is 0 Å². The second-order valence-corrected chi connectivity index (χ2v) is 5.91. The molecule has 0 unspecified atom stereocenters. The van der Waals surface area contributed by atoms with Crippen molar-refractivity contribution in [2.24, 2.45) is 5.92 Å². The molecule has 0 spiro atoms. The van der Waals surface area contributed by atoms with Crippen LogP contribution >= 0.6 is 24.8 Å². The van der Waals surface area contributed by atoms with Gasteiger partial charge < -0.3 is 5.32 Å². The van der Waals surface area contributed by atoms with Crippen LogP contribution in [0.25, 0.3) is 0 Å². The van der Waals surface area contributed by atoms with Gasteiger partial charge in [-0.2, -0.15) is 0 Å². The Labute approximate surface area is 140 Å². The maximum Gasteiger partial charge on any atom is 0.0378 e. The van der Waals surface area contributed by atoms with Crippen LogP contribution < -0.4 is 5.32 Å². The standard InChI is InChI=1S/C16H25N3.2ClH/c1-2-4-14(5-3-1)16(15-6-8-17-9-7-15)19-12-10-18-11-13-19;;/h6-9,14,16,18H,1-5,10-13H2;2*1H/t16-;;/m1../s1. The van der Waals surface area contributed by atoms with Gasteiger partial charge in [-0.25, -0.2) is 0 Å². The lowest BCUT2D eigenvalue weighted by molar-refractivity contribution is 0.103. The zero-order chi connectivity index (χ0) is 12.9. The fourth-order valence-corrected chi connectivity index (χ4v) is 3.75. The lowest BCUT2D eigenvalue weighted by atomic mass is 9.80. The van der Waals surface area contributed by atoms with E-state index in [9.17, 15) is 0 Å². The van der Waals surface area contributed by atoms with Crippen LogP contribution in [0.2, 0.25) is 0 Å². The third-order valence-corrected chi connectivity index (χ3v) is 4.69. The molecule has 2 fully saturated rings. The van der Waals surface area contributed by atoms with Crippen LogP contribution in [0.4, 0.5) is 0 Å². The average Bonchev–Trinajstić information content (AvgIpc) is 2.51. The van der Waals surface area contributed by atoms with Crippen molar-refractivity contribution in [2.45, 2.75) is 38.1 Å². The summed E-state index contributed by atoms with van der Waals surface area (Å²) in [5.41, 5.74) is 1.48. The van der Waals surface area contributed by atoms with E-state index < -0.39 is 0 Å². The molecule has 1 aromatic rings. The molecular formula is C16H27Cl2N3. The summed E-state index contributed by atoms with van der Waals surface area (Å²) < 4.78 is 0. The molecule has 1 saturated carbocycles. The normalized spacial score (nSPS) is 21.9. The summed E-state index contributed by atoms with van der Waals surface area (Å²) in [4.78, 5) is 6.88. The van der Waals surface area contributed by atoms with Gasteiger partial charge in [0.25, 0.3) is 0 Å². The van der Waals surface area contributed by atoms with Crippen LogP contribution in [0.1, 0.15) is 43.7 Å². The Morgan fingerprint density at radius 3 is 2.24 bits per heavy atom. The number of hydrogen-bond donors (Lipinski definition) is 1. The zero-order valence-corrected chi connectivity index (χ0v) is 14.2. The van der Waals surface area contributed by atoms with Crippen molar-refractivity contribution in [2.75, 3.05) is 26.2 Å². The summed E-state index contributed by atoms with van der Waals surface area (Å²) in [7, 11) is 0. The quantitative estimate of drug-likeness (QED) is 0.919. The van der Waals surface area contributed by atoms with E-state index in [0.29, 0.717) is 6.04 Å². The van der Waals surface area contributed by atoms with E-state index in [1.807, 2.05) is 12.4 Å². The van der Waals surface area contributed by atoms with Crippen LogP contribution in [0.5, 0.6) is 0 Å². The molecule has 1 aromatic heterocycles. The van der Waals surface area contributed by atoms with E-state index in [1.165, 1.54) is 50.8 Å². The molecule has 120 valence electrons. The second kappa shape index (κ2) is 9.62. The number of halogens is 2. The molecule has 1 N–H and O–H groups in total. The summed E-state index contributed by atoms with van der Waals surface area (Å²) in [5, 5.41) is 3.47. The highest BCUT2D eigenvalue weighted by atomic mass is 35.5. The Morgan fingerprint density at radius 1 is 1.00 bits per heavy atom. The number of rotatable bonds is 3. The first-order chi connectivity index (χ1) is 9.45. The van der Waals surface area contributed by atoms with Crippen LogP contribution in [-0.2, 0) is 0 Å². The Hall–Kier alpha value is -0.350. The SMILES string of the molecule is Cl.Cl.c1cc([C@@H](C2CCCCC2)N2CCNCC2)ccn1. The first kappa shape index (κ1) is 18.7. The van der Waals surface area contributed by atoms with Crippen LogP contribution in [-0.4, -0.2) is 36.1 Å². The molecule has 0 bridgehead atoms. The predicted molar refractivity (Wildman–Crippen MR) is 92.5 cm³/mol. The zero-order valence-electron chi connectivity index (χ0n) is 12.5. The molecule has 21 heavy (non-hydrogen) atoms. The molecule has 1 aliphatic carbocycles. The molecule has 1 atom stereocenters. The highest BCUT2D eigenvalue weighted by molar-refractivity contribution is 5.85. The largest absolute Gasteiger partial charge is 0.314 e. The fraction of sp³-hybridized carbons (Fsp3) is 0.688. The third-order valence-electron chi connectivity index (χ3n) is 4.69. The van der Waals surface area contributed by atoms with Gasteiger partial charge >= 0.3 is 0 Å². The molecule has 2 aliphatic rings. The van der Waals surface area contributed by atoms with Crippen LogP contribution in [0.3, 0.4) is 0 Å². The van der Waals surface area contributed by atoms with Gasteiger partial charge in [-0.15, -0.1) is 24.8 Å². The minimum absolute atomic E-state index is 0. The van der Waals surface area contributed by atoms with Gasteiger partial charge in [-0.1, -0.05) is 19.3 Å². The summed E-state index contributed by atoms with van der Waals surface area (Å²) in [5.74, 6) is 0.842. The number of pyridine rings is 1. The van der Waals surface area contributed by atoms with E-state index in [-0.39, 0.29) is 24.8 Å². The van der Waals surface area contributed by atoms with Crippen molar-refractivity contribution >= 4 is 24.8 Å². The van der Waals surface area contributed by atoms with Gasteiger partial charge in [0.15, 0.2) is 0 Å². The molecule has 1 saturated heterocycles. The second-order valence-electron chi connectivity index (χ2n) is 5.91. The maximum absolute atomic E-state index is 4.19. The minimum Gasteiger partial charge on any atom is -0.314 e. The van der Waals surface area contributed by atoms with Crippen molar-refractivity contribution in [1.29, 1.82) is 0 Å². The Kier molecular flexibility index (Phi) is 8.57. The van der Waals surface area contributed by atoms with Crippen molar-refractivity contribution in [3.63, 3.8) is 0 Å². The topological polar surface area (TPSA) is 28.2 Å². The van der Waals surface area contributed by atoms with Crippen molar-refractivity contribution < 1.29 is 0 Å². The Bertz CT molecular complexity index is 358. The monoisotopic (exact) mass is 331 g/mol. The van der Waals surface area contributed by atoms with Crippen LogP contribution in [0, 0.1) is 5.92 Å². The van der Waals surface area contributed by atoms with E-state index in [4.69, 9.17) is 0 Å². The van der Waals surface area contributed by atoms with E-state index in [0.717, 1.165) is 19.0 Å². The lowest BCUT2D eigenvalue weighted by Crippen LogP contribution is -2.47. The minimum atomic E-state index is 0. The smallest absolute Gasteiger partial charge is 0.0378 e. The first-order valence-corrected chi connectivity index (χ1v) is 7.80. The average molecular weight is 332 g/mol. The Morgan fingerprint density at radius 2 is 1.62 bits per heavy atom. The van der Waals surface area contributed by atoms with Crippen molar-refractivity contribution in [3.05, 3.63) is 30.1 Å². The molecule has 1 aliphatic heterocycles. The molecule has 0 aromatic carbocycles. The molecule has 5 heteroatoms. The van der Waals surface area contributed by atoms with E-state index in [1.54, 1.807) is 0 Å². The number of nitrogens with one attached hydrogen (secondary N) is 1. The fourth-order valence-electron chi connectivity index (χ4n) is 3.75. The highest BCUT2D eigenvalue weighted by Crippen LogP contribution is 2.38. The van der Waals surface area contributed by atoms with Gasteiger partial charge in [0.1, 0.15) is 0 Å². The van der Waals surface area contributed by atoms with E-state index in [2.05, 4.69) is 27.3 Å². The highest BCUT2D eigenvalue weighted by Gasteiger charge is 2.30. The summed E-state index contributed by atoms with van der Waals surface area (Å²) in [6.07, 6.45) is 11.0. The molecule has 0 radical (unpaired) electrons. The van der Waals surface area contributed by atoms with Gasteiger partial charge in [-0.3, -0.25) is 9.88 Å². The predicted octanol–water partition coefficient (Wildman–Crippen LogP) is 3.45. The lowest BCUT2D eigenvalue weighted by Gasteiger charge is -2.41. The molecule has 0 amide bonds. The van der Waals surface area contributed by atoms with Gasteiger partial charge in [-0.05, 0) is 36.5 Å². The molecule has 3 rings (SSSR count). The van der Waals surface area contributed by atoms with Crippen LogP contribution in [0.15, 0.2) is 24.5 Å². The van der Waals surface area contributed by atoms with Gasteiger partial charge in [0.05, 0.1) is 0 Å². The first-order valence-electron chi connectivity index (χ1n) is 7.80.